The molecule has 0 aliphatic heterocycles. The lowest BCUT2D eigenvalue weighted by Gasteiger charge is -2.34. The van der Waals surface area contributed by atoms with Crippen LogP contribution in [0.2, 0.25) is 0 Å². The van der Waals surface area contributed by atoms with Crippen LogP contribution in [0.15, 0.2) is 53.9 Å². The molecule has 2 unspecified atom stereocenters. The first-order chi connectivity index (χ1) is 14.5. The van der Waals surface area contributed by atoms with Gasteiger partial charge in [-0.15, -0.1) is 0 Å². The molecule has 5 heteroatoms. The van der Waals surface area contributed by atoms with E-state index < -0.39 is 11.6 Å². The van der Waals surface area contributed by atoms with Gasteiger partial charge in [-0.3, -0.25) is 0 Å². The smallest absolute Gasteiger partial charge is 0.159 e. The van der Waals surface area contributed by atoms with Gasteiger partial charge in [0.2, 0.25) is 0 Å². The number of hydrogen-bond acceptors (Lipinski definition) is 3. The molecule has 0 aromatic heterocycles. The summed E-state index contributed by atoms with van der Waals surface area (Å²) in [5, 5.41) is 7.19. The van der Waals surface area contributed by atoms with Crippen molar-refractivity contribution in [2.75, 3.05) is 5.32 Å². The Bertz CT molecular complexity index is 918. The average molecular weight is 412 g/mol. The third-order valence-corrected chi connectivity index (χ3v) is 6.57. The molecular formula is C25H31F2N3. The maximum Gasteiger partial charge on any atom is 0.159 e. The Morgan fingerprint density at radius 3 is 2.40 bits per heavy atom. The molecule has 3 nitrogen and oxygen atoms in total. The highest BCUT2D eigenvalue weighted by Gasteiger charge is 2.27. The molecule has 1 saturated carbocycles. The number of allylic oxidation sites excluding steroid dienone is 2. The third kappa shape index (κ3) is 4.67. The number of nitrogens with one attached hydrogen (secondary N) is 2. The topological polar surface area (TPSA) is 50.1 Å². The first-order valence-corrected chi connectivity index (χ1v) is 11.1. The zero-order valence-electron chi connectivity index (χ0n) is 17.6. The van der Waals surface area contributed by atoms with Gasteiger partial charge in [0.1, 0.15) is 0 Å². The Morgan fingerprint density at radius 1 is 0.933 bits per heavy atom. The van der Waals surface area contributed by atoms with E-state index in [9.17, 15) is 8.78 Å². The summed E-state index contributed by atoms with van der Waals surface area (Å²) in [4.78, 5) is 0. The van der Waals surface area contributed by atoms with Crippen molar-refractivity contribution in [1.82, 2.24) is 5.32 Å². The first kappa shape index (κ1) is 20.9. The fourth-order valence-electron chi connectivity index (χ4n) is 4.64. The number of nitrogens with two attached hydrogens (primary N) is 1. The number of benzene rings is 2. The molecule has 4 N–H and O–H groups in total. The van der Waals surface area contributed by atoms with Gasteiger partial charge in [-0.25, -0.2) is 8.78 Å². The van der Waals surface area contributed by atoms with Crippen molar-refractivity contribution in [2.45, 2.75) is 64.0 Å². The molecule has 0 radical (unpaired) electrons. The van der Waals surface area contributed by atoms with E-state index in [-0.39, 0.29) is 12.1 Å². The predicted octanol–water partition coefficient (Wildman–Crippen LogP) is 6.31. The van der Waals surface area contributed by atoms with Crippen LogP contribution in [0.1, 0.15) is 75.1 Å². The molecule has 2 aromatic rings. The van der Waals surface area contributed by atoms with Gasteiger partial charge < -0.3 is 16.4 Å². The molecule has 2 aliphatic rings. The van der Waals surface area contributed by atoms with Crippen LogP contribution in [0.4, 0.5) is 14.5 Å². The van der Waals surface area contributed by atoms with E-state index in [4.69, 9.17) is 5.73 Å². The van der Waals surface area contributed by atoms with E-state index >= 15 is 0 Å². The third-order valence-electron chi connectivity index (χ3n) is 6.57. The van der Waals surface area contributed by atoms with Gasteiger partial charge in [-0.2, -0.15) is 0 Å². The maximum atomic E-state index is 13.8. The Kier molecular flexibility index (Phi) is 6.38. The van der Waals surface area contributed by atoms with Gasteiger partial charge in [0, 0.05) is 29.2 Å². The fourth-order valence-corrected chi connectivity index (χ4v) is 4.64. The lowest BCUT2D eigenvalue weighted by atomic mass is 9.80. The van der Waals surface area contributed by atoms with Crippen LogP contribution in [-0.4, -0.2) is 0 Å². The van der Waals surface area contributed by atoms with Crippen LogP contribution in [0.5, 0.6) is 0 Å². The Labute approximate surface area is 177 Å². The van der Waals surface area contributed by atoms with Crippen molar-refractivity contribution in [3.8, 4) is 0 Å². The second kappa shape index (κ2) is 9.17. The summed E-state index contributed by atoms with van der Waals surface area (Å²) in [6.45, 7) is 2.02. The summed E-state index contributed by atoms with van der Waals surface area (Å²) in [5.41, 5.74) is 11.1. The van der Waals surface area contributed by atoms with E-state index in [1.54, 1.807) is 6.07 Å². The Hall–Kier alpha value is -2.40. The summed E-state index contributed by atoms with van der Waals surface area (Å²) < 4.78 is 27.1. The highest BCUT2D eigenvalue weighted by Crippen LogP contribution is 2.37. The average Bonchev–Trinajstić information content (AvgIpc) is 2.77. The van der Waals surface area contributed by atoms with Crippen LogP contribution in [-0.2, 0) is 0 Å². The normalized spacial score (nSPS) is 19.3. The molecule has 0 bridgehead atoms. The van der Waals surface area contributed by atoms with Crippen LogP contribution < -0.4 is 16.4 Å². The van der Waals surface area contributed by atoms with E-state index in [1.165, 1.54) is 49.8 Å². The summed E-state index contributed by atoms with van der Waals surface area (Å²) in [5.74, 6) is -1.08. The lowest BCUT2D eigenvalue weighted by molar-refractivity contribution is 0.257. The molecule has 2 aromatic carbocycles. The van der Waals surface area contributed by atoms with Crippen molar-refractivity contribution in [3.05, 3.63) is 76.6 Å². The zero-order chi connectivity index (χ0) is 21.1. The molecule has 2 aliphatic carbocycles. The summed E-state index contributed by atoms with van der Waals surface area (Å²) in [7, 11) is 0. The molecule has 0 saturated heterocycles. The van der Waals surface area contributed by atoms with Crippen molar-refractivity contribution in [1.29, 1.82) is 0 Å². The van der Waals surface area contributed by atoms with E-state index in [2.05, 4.69) is 34.9 Å². The standard InChI is InChI=1S/C25H31F2N3/c1-16(18-10-11-21(26)22(27)15-18)29-25(17-6-3-2-4-7-17)19-8-5-9-20(14-19)30-24-13-12-23(24)28/h5,8-11,14-17,25,29-30H,2-4,6-7,12-13,28H2,1H3. The summed E-state index contributed by atoms with van der Waals surface area (Å²) >= 11 is 0. The molecule has 30 heavy (non-hydrogen) atoms. The van der Waals surface area contributed by atoms with Gasteiger partial charge in [-0.1, -0.05) is 37.5 Å². The lowest BCUT2D eigenvalue weighted by Crippen LogP contribution is -2.32. The molecule has 0 amide bonds. The zero-order valence-corrected chi connectivity index (χ0v) is 17.6. The largest absolute Gasteiger partial charge is 0.401 e. The first-order valence-electron chi connectivity index (χ1n) is 11.1. The number of anilines is 1. The molecule has 2 atom stereocenters. The quantitative estimate of drug-likeness (QED) is 0.500. The van der Waals surface area contributed by atoms with Gasteiger partial charge in [0.15, 0.2) is 11.6 Å². The fraction of sp³-hybridized carbons (Fsp3) is 0.440. The minimum absolute atomic E-state index is 0.0892. The SMILES string of the molecule is CC(NC(c1cccc(NC2=C(N)CC2)c1)C1CCCCC1)c1ccc(F)c(F)c1. The van der Waals surface area contributed by atoms with Crippen LogP contribution in [0.25, 0.3) is 0 Å². The minimum Gasteiger partial charge on any atom is -0.401 e. The van der Waals surface area contributed by atoms with Gasteiger partial charge in [0.05, 0.1) is 0 Å². The van der Waals surface area contributed by atoms with Crippen molar-refractivity contribution < 1.29 is 8.78 Å². The Balaban J connectivity index is 1.58. The summed E-state index contributed by atoms with van der Waals surface area (Å²) in [6, 6.07) is 12.7. The Morgan fingerprint density at radius 2 is 1.73 bits per heavy atom. The summed E-state index contributed by atoms with van der Waals surface area (Å²) in [6.07, 6.45) is 8.08. The molecular weight excluding hydrogens is 380 g/mol. The monoisotopic (exact) mass is 411 g/mol. The van der Waals surface area contributed by atoms with Crippen LogP contribution >= 0.6 is 0 Å². The second-order valence-electron chi connectivity index (χ2n) is 8.69. The molecule has 0 spiro atoms. The van der Waals surface area contributed by atoms with Crippen molar-refractivity contribution >= 4 is 5.69 Å². The second-order valence-corrected chi connectivity index (χ2v) is 8.69. The van der Waals surface area contributed by atoms with Gasteiger partial charge in [0.25, 0.3) is 0 Å². The van der Waals surface area contributed by atoms with Crippen molar-refractivity contribution in [3.63, 3.8) is 0 Å². The number of hydrogen-bond donors (Lipinski definition) is 3. The molecule has 0 heterocycles. The van der Waals surface area contributed by atoms with E-state index in [0.29, 0.717) is 5.92 Å². The minimum atomic E-state index is -0.807. The highest BCUT2D eigenvalue weighted by molar-refractivity contribution is 5.53. The number of halogens is 2. The van der Waals surface area contributed by atoms with Crippen LogP contribution in [0.3, 0.4) is 0 Å². The van der Waals surface area contributed by atoms with Crippen molar-refractivity contribution in [2.24, 2.45) is 11.7 Å². The molecule has 160 valence electrons. The highest BCUT2D eigenvalue weighted by atomic mass is 19.2. The molecule has 1 fully saturated rings. The number of rotatable bonds is 7. The van der Waals surface area contributed by atoms with Gasteiger partial charge in [-0.05, 0) is 73.9 Å². The maximum absolute atomic E-state index is 13.8. The van der Waals surface area contributed by atoms with Crippen LogP contribution in [0, 0.1) is 17.6 Å². The van der Waals surface area contributed by atoms with E-state index in [1.807, 2.05) is 6.92 Å². The predicted molar refractivity (Wildman–Crippen MR) is 118 cm³/mol. The van der Waals surface area contributed by atoms with E-state index in [0.717, 1.165) is 35.5 Å². The molecule has 4 rings (SSSR count). The van der Waals surface area contributed by atoms with Gasteiger partial charge >= 0.3 is 0 Å².